The summed E-state index contributed by atoms with van der Waals surface area (Å²) < 4.78 is 0. The van der Waals surface area contributed by atoms with E-state index >= 15 is 0 Å². The number of nitrogens with two attached hydrogens (primary N) is 1. The van der Waals surface area contributed by atoms with Crippen molar-refractivity contribution in [1.29, 1.82) is 0 Å². The Morgan fingerprint density at radius 1 is 1.27 bits per heavy atom. The molecule has 0 saturated heterocycles. The van der Waals surface area contributed by atoms with Crippen molar-refractivity contribution in [2.24, 2.45) is 5.73 Å². The van der Waals surface area contributed by atoms with Crippen molar-refractivity contribution in [3.05, 3.63) is 28.3 Å². The molecule has 1 aromatic rings. The quantitative estimate of drug-likeness (QED) is 0.800. The molecule has 3 N–H and O–H groups in total. The molecule has 1 atom stereocenters. The minimum Gasteiger partial charge on any atom is -0.507 e. The maximum atomic E-state index is 9.80. The third-order valence-corrected chi connectivity index (χ3v) is 3.23. The fourth-order valence-electron chi connectivity index (χ4n) is 2.02. The van der Waals surface area contributed by atoms with E-state index in [1.54, 1.807) is 0 Å². The molecule has 0 saturated carbocycles. The van der Waals surface area contributed by atoms with Gasteiger partial charge >= 0.3 is 0 Å². The van der Waals surface area contributed by atoms with E-state index in [9.17, 15) is 5.11 Å². The predicted octanol–water partition coefficient (Wildman–Crippen LogP) is 2.77. The largest absolute Gasteiger partial charge is 0.507 e. The molecule has 0 aliphatic carbocycles. The van der Waals surface area contributed by atoms with E-state index < -0.39 is 0 Å². The Labute approximate surface area is 92.1 Å². The number of phenols is 1. The van der Waals surface area contributed by atoms with Crippen LogP contribution in [0.15, 0.2) is 6.07 Å². The zero-order valence-electron chi connectivity index (χ0n) is 10.1. The first-order chi connectivity index (χ1) is 6.99. The third-order valence-electron chi connectivity index (χ3n) is 3.23. The van der Waals surface area contributed by atoms with Crippen LogP contribution in [0.25, 0.3) is 0 Å². The van der Waals surface area contributed by atoms with Crippen LogP contribution >= 0.6 is 0 Å². The van der Waals surface area contributed by atoms with Gasteiger partial charge in [-0.1, -0.05) is 13.0 Å². The summed E-state index contributed by atoms with van der Waals surface area (Å²) in [6, 6.07) is 2.08. The molecule has 2 nitrogen and oxygen atoms in total. The van der Waals surface area contributed by atoms with Gasteiger partial charge in [-0.3, -0.25) is 0 Å². The molecular formula is C13H21NO. The van der Waals surface area contributed by atoms with Crippen molar-refractivity contribution < 1.29 is 5.11 Å². The summed E-state index contributed by atoms with van der Waals surface area (Å²) >= 11 is 0. The van der Waals surface area contributed by atoms with E-state index in [4.69, 9.17) is 5.73 Å². The fraction of sp³-hybridized carbons (Fsp3) is 0.538. The first-order valence-electron chi connectivity index (χ1n) is 5.48. The lowest BCUT2D eigenvalue weighted by Crippen LogP contribution is -2.07. The molecule has 1 aromatic carbocycles. The number of aromatic hydroxyl groups is 1. The molecule has 84 valence electrons. The Hall–Kier alpha value is -1.02. The molecule has 0 fully saturated rings. The summed E-state index contributed by atoms with van der Waals surface area (Å²) in [6.45, 7) is 8.87. The van der Waals surface area contributed by atoms with E-state index in [-0.39, 0.29) is 0 Å². The van der Waals surface area contributed by atoms with Crippen molar-refractivity contribution in [3.63, 3.8) is 0 Å². The highest BCUT2D eigenvalue weighted by Crippen LogP contribution is 2.32. The lowest BCUT2D eigenvalue weighted by atomic mass is 9.89. The smallest absolute Gasteiger partial charge is 0.121 e. The van der Waals surface area contributed by atoms with Gasteiger partial charge < -0.3 is 10.8 Å². The first-order valence-corrected chi connectivity index (χ1v) is 5.48. The minimum atomic E-state index is 0.427. The molecule has 0 heterocycles. The normalized spacial score (nSPS) is 12.9. The van der Waals surface area contributed by atoms with E-state index in [2.05, 4.69) is 19.9 Å². The lowest BCUT2D eigenvalue weighted by molar-refractivity contribution is 0.465. The number of hydrogen-bond acceptors (Lipinski definition) is 2. The highest BCUT2D eigenvalue weighted by molar-refractivity contribution is 5.49. The van der Waals surface area contributed by atoms with E-state index in [1.165, 1.54) is 11.1 Å². The van der Waals surface area contributed by atoms with Gasteiger partial charge in [0.05, 0.1) is 0 Å². The van der Waals surface area contributed by atoms with Crippen molar-refractivity contribution in [2.75, 3.05) is 6.54 Å². The van der Waals surface area contributed by atoms with Crippen molar-refractivity contribution in [2.45, 2.75) is 40.0 Å². The standard InChI is InChI=1S/C13H21NO/c1-8(5-6-14)12-7-9(2)13(15)11(4)10(12)3/h7-8,15H,5-6,14H2,1-4H3. The van der Waals surface area contributed by atoms with Gasteiger partial charge in [-0.25, -0.2) is 0 Å². The summed E-state index contributed by atoms with van der Waals surface area (Å²) in [5.74, 6) is 0.893. The summed E-state index contributed by atoms with van der Waals surface area (Å²) in [5, 5.41) is 9.80. The molecule has 1 rings (SSSR count). The lowest BCUT2D eigenvalue weighted by Gasteiger charge is -2.18. The van der Waals surface area contributed by atoms with Crippen molar-refractivity contribution in [3.8, 4) is 5.75 Å². The highest BCUT2D eigenvalue weighted by Gasteiger charge is 2.13. The predicted molar refractivity (Wildman–Crippen MR) is 64.4 cm³/mol. The SMILES string of the molecule is Cc1cc(C(C)CCN)c(C)c(C)c1O. The second-order valence-electron chi connectivity index (χ2n) is 4.36. The number of phenolic OH excluding ortho intramolecular Hbond substituents is 1. The summed E-state index contributed by atoms with van der Waals surface area (Å²) in [6.07, 6.45) is 0.991. The zero-order chi connectivity index (χ0) is 11.6. The van der Waals surface area contributed by atoms with Crippen LogP contribution in [0, 0.1) is 20.8 Å². The van der Waals surface area contributed by atoms with Gasteiger partial charge in [-0.15, -0.1) is 0 Å². The van der Waals surface area contributed by atoms with Crippen LogP contribution in [-0.4, -0.2) is 11.7 Å². The monoisotopic (exact) mass is 207 g/mol. The summed E-state index contributed by atoms with van der Waals surface area (Å²) in [5.41, 5.74) is 10.0. The van der Waals surface area contributed by atoms with Crippen LogP contribution < -0.4 is 5.73 Å². The van der Waals surface area contributed by atoms with E-state index in [0.717, 1.165) is 17.5 Å². The Balaban J connectivity index is 3.19. The zero-order valence-corrected chi connectivity index (χ0v) is 10.1. The van der Waals surface area contributed by atoms with Crippen LogP contribution in [-0.2, 0) is 0 Å². The van der Waals surface area contributed by atoms with Gasteiger partial charge in [0.25, 0.3) is 0 Å². The Bertz CT molecular complexity index is 358. The molecule has 0 aliphatic rings. The van der Waals surface area contributed by atoms with Gasteiger partial charge in [-0.2, -0.15) is 0 Å². The average molecular weight is 207 g/mol. The molecule has 1 unspecified atom stereocenters. The van der Waals surface area contributed by atoms with E-state index in [0.29, 0.717) is 18.2 Å². The fourth-order valence-corrected chi connectivity index (χ4v) is 2.02. The van der Waals surface area contributed by atoms with Crippen LogP contribution in [0.1, 0.15) is 41.5 Å². The summed E-state index contributed by atoms with van der Waals surface area (Å²) in [7, 11) is 0. The molecular weight excluding hydrogens is 186 g/mol. The van der Waals surface area contributed by atoms with Crippen LogP contribution in [0.4, 0.5) is 0 Å². The Morgan fingerprint density at radius 3 is 2.40 bits per heavy atom. The Morgan fingerprint density at radius 2 is 1.87 bits per heavy atom. The van der Waals surface area contributed by atoms with Crippen LogP contribution in [0.2, 0.25) is 0 Å². The maximum absolute atomic E-state index is 9.80. The maximum Gasteiger partial charge on any atom is 0.121 e. The molecule has 0 bridgehead atoms. The van der Waals surface area contributed by atoms with E-state index in [1.807, 2.05) is 13.8 Å². The second kappa shape index (κ2) is 4.67. The molecule has 0 amide bonds. The van der Waals surface area contributed by atoms with Crippen molar-refractivity contribution in [1.82, 2.24) is 0 Å². The molecule has 0 spiro atoms. The molecule has 15 heavy (non-hydrogen) atoms. The van der Waals surface area contributed by atoms with Gasteiger partial charge in [0.1, 0.15) is 5.75 Å². The molecule has 0 aliphatic heterocycles. The number of aryl methyl sites for hydroxylation is 1. The Kier molecular flexibility index (Phi) is 3.75. The van der Waals surface area contributed by atoms with Gasteiger partial charge in [0.2, 0.25) is 0 Å². The molecule has 0 radical (unpaired) electrons. The van der Waals surface area contributed by atoms with Gasteiger partial charge in [0, 0.05) is 0 Å². The van der Waals surface area contributed by atoms with Crippen LogP contribution in [0.5, 0.6) is 5.75 Å². The summed E-state index contributed by atoms with van der Waals surface area (Å²) in [4.78, 5) is 0. The first kappa shape index (κ1) is 12.1. The van der Waals surface area contributed by atoms with Crippen LogP contribution in [0.3, 0.4) is 0 Å². The molecule has 2 heteroatoms. The minimum absolute atomic E-state index is 0.427. The highest BCUT2D eigenvalue weighted by atomic mass is 16.3. The molecule has 0 aromatic heterocycles. The van der Waals surface area contributed by atoms with Crippen molar-refractivity contribution >= 4 is 0 Å². The van der Waals surface area contributed by atoms with Gasteiger partial charge in [-0.05, 0) is 61.9 Å². The number of benzene rings is 1. The average Bonchev–Trinajstić information content (AvgIpc) is 2.20. The third kappa shape index (κ3) is 2.32. The van der Waals surface area contributed by atoms with Gasteiger partial charge in [0.15, 0.2) is 0 Å². The number of rotatable bonds is 3. The second-order valence-corrected chi connectivity index (χ2v) is 4.36. The number of hydrogen-bond donors (Lipinski definition) is 2. The topological polar surface area (TPSA) is 46.2 Å².